The highest BCUT2D eigenvalue weighted by atomic mass is 14.6. The molecule has 0 N–H and O–H groups in total. The minimum absolute atomic E-state index is 0.172. The Kier molecular flexibility index (Phi) is 29.1. The summed E-state index contributed by atoms with van der Waals surface area (Å²) in [5.41, 5.74) is 37.3. The molecule has 0 heteroatoms. The van der Waals surface area contributed by atoms with Gasteiger partial charge in [-0.05, 0) is 256 Å². The van der Waals surface area contributed by atoms with Gasteiger partial charge in [-0.1, -0.05) is 374 Å². The van der Waals surface area contributed by atoms with Crippen LogP contribution in [0.1, 0.15) is 206 Å². The van der Waals surface area contributed by atoms with Crippen molar-refractivity contribution in [3.05, 3.63) is 373 Å². The minimum atomic E-state index is 0.172. The van der Waals surface area contributed by atoms with Gasteiger partial charge in [0.15, 0.2) is 0 Å². The number of allylic oxidation sites excluding steroid dienone is 15. The molecule has 1 fully saturated rings. The molecule has 1 saturated carbocycles. The van der Waals surface area contributed by atoms with E-state index < -0.39 is 0 Å². The molecule has 1 spiro atoms. The molecule has 9 aromatic rings. The summed E-state index contributed by atoms with van der Waals surface area (Å²) in [6.07, 6.45) is 24.8. The van der Waals surface area contributed by atoms with Crippen molar-refractivity contribution in [3.63, 3.8) is 0 Å². The first-order valence-electron chi connectivity index (χ1n) is 39.6. The van der Waals surface area contributed by atoms with Crippen molar-refractivity contribution in [3.8, 4) is 11.1 Å². The Labute approximate surface area is 637 Å². The van der Waals surface area contributed by atoms with Crippen LogP contribution in [0.5, 0.6) is 0 Å². The highest BCUT2D eigenvalue weighted by molar-refractivity contribution is 5.82. The number of aryl methyl sites for hydroxylation is 5. The van der Waals surface area contributed by atoms with Gasteiger partial charge in [0.05, 0.1) is 0 Å². The molecule has 5 aliphatic rings. The van der Waals surface area contributed by atoms with Gasteiger partial charge in [-0.15, -0.1) is 0 Å². The third-order valence-corrected chi connectivity index (χ3v) is 22.2. The maximum Gasteiger partial charge on any atom is 0.0242 e. The first-order chi connectivity index (χ1) is 50.5. The van der Waals surface area contributed by atoms with Crippen molar-refractivity contribution in [2.45, 2.75) is 188 Å². The van der Waals surface area contributed by atoms with Crippen LogP contribution in [-0.2, 0) is 31.1 Å². The molecule has 0 amide bonds. The standard InChI is InChI=1S/C29H32.C27H28.C15H22.C15H20.C13H16.C6H6/c1-18(2)28-20(4)14-15-29-25-9-7-6-8-23(25)16-26(29)21(5)24(17-27(28)29)22-12-10-19(3)11-13-22;1-19-8-12-24(13-9-19)27-18-22(11-10-21(27)3)16-20(2)17-25-15-14-23-6-4-5-7-26(23)25;1-11(2)10-15(12(3)4)14-8-6-13(5)7-9-14;1-5-12(3)11-14(6-2)15-9-7-13(4)8-10-15;1-10(2)9-12-8-7-11-5-3-4-6-13(11)12;1-2-4-6-5-3-1/h6-13,17,20,26,28H,1,14-16H2,2-5H3;4-13,15,18,20H,14,16-17H2,1-3H3;6-12H,1-5H3;6-11H,5H2,1-4H3;3-6,8,10H,7,9H2,1-2H3;1-6H/b;;15-10+;12-11-,14-6-;;/t20-,26?,28?,29?;20-;;;;/m10..../s1. The van der Waals surface area contributed by atoms with Crippen LogP contribution >= 0.6 is 0 Å². The zero-order valence-electron chi connectivity index (χ0n) is 67.4. The van der Waals surface area contributed by atoms with Gasteiger partial charge in [-0.3, -0.25) is 0 Å². The molecule has 0 aliphatic heterocycles. The summed E-state index contributed by atoms with van der Waals surface area (Å²) in [5.74, 6) is 4.32. The Morgan fingerprint density at radius 3 is 1.53 bits per heavy atom. The van der Waals surface area contributed by atoms with Gasteiger partial charge < -0.3 is 0 Å². The van der Waals surface area contributed by atoms with E-state index in [1.807, 2.05) is 36.4 Å². The zero-order chi connectivity index (χ0) is 75.3. The largest absolute Gasteiger partial charge is 0.0995 e. The van der Waals surface area contributed by atoms with Crippen LogP contribution < -0.4 is 0 Å². The summed E-state index contributed by atoms with van der Waals surface area (Å²) in [5, 5.41) is 0. The third kappa shape index (κ3) is 21.1. The van der Waals surface area contributed by atoms with Crippen molar-refractivity contribution in [1.82, 2.24) is 0 Å². The van der Waals surface area contributed by atoms with E-state index in [0.717, 1.165) is 38.0 Å². The monoisotopic (exact) mass is 1380 g/mol. The lowest BCUT2D eigenvalue weighted by Crippen LogP contribution is -2.45. The van der Waals surface area contributed by atoms with Gasteiger partial charge in [0.25, 0.3) is 0 Å². The summed E-state index contributed by atoms with van der Waals surface area (Å²) in [4.78, 5) is 0. The first kappa shape index (κ1) is 80.0. The number of rotatable bonds is 15. The molecule has 9 aromatic carbocycles. The first-order valence-corrected chi connectivity index (χ1v) is 39.6. The highest BCUT2D eigenvalue weighted by Gasteiger charge is 2.56. The van der Waals surface area contributed by atoms with E-state index in [1.165, 1.54) is 143 Å². The second kappa shape index (κ2) is 38.3. The molecular weight excluding hydrogens is 1260 g/mol. The second-order valence-electron chi connectivity index (χ2n) is 32.1. The van der Waals surface area contributed by atoms with Crippen LogP contribution in [0, 0.1) is 76.0 Å². The molecular formula is C105H124. The van der Waals surface area contributed by atoms with Gasteiger partial charge in [-0.2, -0.15) is 0 Å². The van der Waals surface area contributed by atoms with Crippen molar-refractivity contribution < 1.29 is 0 Å². The molecule has 5 aliphatic carbocycles. The Morgan fingerprint density at radius 2 is 1.03 bits per heavy atom. The van der Waals surface area contributed by atoms with Gasteiger partial charge in [0.2, 0.25) is 0 Å². The van der Waals surface area contributed by atoms with Crippen LogP contribution in [0.2, 0.25) is 0 Å². The summed E-state index contributed by atoms with van der Waals surface area (Å²) in [6.45, 7) is 44.7. The van der Waals surface area contributed by atoms with Gasteiger partial charge >= 0.3 is 0 Å². The maximum atomic E-state index is 4.46. The molecule has 5 atom stereocenters. The van der Waals surface area contributed by atoms with Crippen LogP contribution in [0.4, 0.5) is 0 Å². The fourth-order valence-corrected chi connectivity index (χ4v) is 16.5. The number of hydrogen-bond acceptors (Lipinski definition) is 0. The lowest BCUT2D eigenvalue weighted by Gasteiger charge is -2.51. The van der Waals surface area contributed by atoms with Crippen molar-refractivity contribution in [2.24, 2.45) is 41.4 Å². The molecule has 105 heavy (non-hydrogen) atoms. The topological polar surface area (TPSA) is 0 Å². The maximum absolute atomic E-state index is 4.46. The second-order valence-corrected chi connectivity index (χ2v) is 32.1. The minimum Gasteiger partial charge on any atom is -0.0995 e. The van der Waals surface area contributed by atoms with Gasteiger partial charge in [-0.25, -0.2) is 0 Å². The van der Waals surface area contributed by atoms with Crippen LogP contribution in [0.15, 0.2) is 290 Å². The Morgan fingerprint density at radius 1 is 0.533 bits per heavy atom. The van der Waals surface area contributed by atoms with Crippen molar-refractivity contribution >= 4 is 27.9 Å². The van der Waals surface area contributed by atoms with Crippen LogP contribution in [0.25, 0.3) is 39.0 Å². The van der Waals surface area contributed by atoms with Gasteiger partial charge in [0.1, 0.15) is 0 Å². The zero-order valence-corrected chi connectivity index (χ0v) is 67.4. The van der Waals surface area contributed by atoms with Crippen molar-refractivity contribution in [1.29, 1.82) is 0 Å². The number of hydrogen-bond donors (Lipinski definition) is 0. The van der Waals surface area contributed by atoms with E-state index in [0.29, 0.717) is 35.5 Å². The van der Waals surface area contributed by atoms with Crippen LogP contribution in [-0.4, -0.2) is 0 Å². The molecule has 14 rings (SSSR count). The molecule has 0 radical (unpaired) electrons. The fraction of sp³-hybridized carbons (Fsp3) is 0.333. The SMILES string of the molecule is C/C=C(/C=C(/C)CC)c1ccc(C)cc1.C=C(C)C1C2=CC(c3ccc(C)cc3)=C(C)C3Cc4ccccc4C23CC[C@H]1C.CC(C)CC1=CCc2ccccc21.Cc1ccc(-c2cc(C[C@H](C)CC3=CCc4ccccc43)ccc2C)cc1.Cc1ccc(/C(=C/C(C)C)C(C)C)cc1.c1ccccc1. The average Bonchev–Trinajstić information content (AvgIpc) is 1.57. The molecule has 0 heterocycles. The molecule has 0 nitrogen and oxygen atoms in total. The summed E-state index contributed by atoms with van der Waals surface area (Å²) in [6, 6.07) is 81.4. The summed E-state index contributed by atoms with van der Waals surface area (Å²) in [7, 11) is 0. The fourth-order valence-electron chi connectivity index (χ4n) is 16.5. The normalized spacial score (nSPS) is 17.9. The van der Waals surface area contributed by atoms with E-state index in [4.69, 9.17) is 0 Å². The van der Waals surface area contributed by atoms with Crippen molar-refractivity contribution in [2.75, 3.05) is 0 Å². The highest BCUT2D eigenvalue weighted by Crippen LogP contribution is 2.63. The third-order valence-electron chi connectivity index (χ3n) is 22.2. The predicted molar refractivity (Wildman–Crippen MR) is 463 cm³/mol. The molecule has 544 valence electrons. The van der Waals surface area contributed by atoms with E-state index in [2.05, 4.69) is 356 Å². The van der Waals surface area contributed by atoms with Crippen LogP contribution in [0.3, 0.4) is 0 Å². The Hall–Kier alpha value is -9.10. The summed E-state index contributed by atoms with van der Waals surface area (Å²) < 4.78 is 0. The predicted octanol–water partition coefficient (Wildman–Crippen LogP) is 29.4. The van der Waals surface area contributed by atoms with E-state index in [-0.39, 0.29) is 5.41 Å². The quantitative estimate of drug-likeness (QED) is 0.0709. The summed E-state index contributed by atoms with van der Waals surface area (Å²) >= 11 is 0. The smallest absolute Gasteiger partial charge is 0.0242 e. The van der Waals surface area contributed by atoms with E-state index >= 15 is 0 Å². The average molecular weight is 1390 g/mol. The molecule has 0 saturated heterocycles. The van der Waals surface area contributed by atoms with E-state index in [1.54, 1.807) is 27.8 Å². The van der Waals surface area contributed by atoms with Gasteiger partial charge in [0, 0.05) is 11.3 Å². The lowest BCUT2D eigenvalue weighted by atomic mass is 9.52. The number of benzene rings is 9. The Bertz CT molecular complexity index is 4510. The molecule has 0 bridgehead atoms. The van der Waals surface area contributed by atoms with E-state index in [9.17, 15) is 0 Å². The molecule has 0 aromatic heterocycles. The lowest BCUT2D eigenvalue weighted by molar-refractivity contribution is 0.227. The Balaban J connectivity index is 0.000000154. The molecule has 3 unspecified atom stereocenters. The number of fused-ring (bicyclic) bond motifs is 3.